The molecule has 0 aliphatic carbocycles. The minimum Gasteiger partial charge on any atom is -0.305 e. The number of pyridine rings is 2. The van der Waals surface area contributed by atoms with E-state index in [1.807, 2.05) is 63.4 Å². The van der Waals surface area contributed by atoms with E-state index >= 15 is 0 Å². The van der Waals surface area contributed by atoms with E-state index in [0.29, 0.717) is 11.5 Å². The van der Waals surface area contributed by atoms with Crippen LogP contribution < -0.4 is 5.19 Å². The first-order valence-electron chi connectivity index (χ1n) is 18.0. The van der Waals surface area contributed by atoms with Crippen molar-refractivity contribution in [2.75, 3.05) is 0 Å². The van der Waals surface area contributed by atoms with Crippen molar-refractivity contribution in [3.05, 3.63) is 139 Å². The second-order valence-electron chi connectivity index (χ2n) is 14.9. The standard InChI is InChI=1S/C31H30NS.C14H16NSi.Ir/c1-20(2)23-14-15-25-24-12-9-13-26(27-18-21(16-17-32-27)19-31(3,4)5)29(24)33-30(25)28(23)22-10-7-6-8-11-22;1-16(2,3)13-9-10-14(15-11-13)12-7-5-4-6-8-12;/h6-12,14-18,20H,19H2,1-5H3;4-7,9-11H,1-3H3;/q2*-1;/i19D2;;. The number of hydrogen-bond donors (Lipinski definition) is 0. The van der Waals surface area contributed by atoms with Crippen LogP contribution in [0.5, 0.6) is 0 Å². The van der Waals surface area contributed by atoms with Crippen molar-refractivity contribution in [3.8, 4) is 33.6 Å². The van der Waals surface area contributed by atoms with Crippen molar-refractivity contribution < 1.29 is 22.8 Å². The summed E-state index contributed by atoms with van der Waals surface area (Å²) >= 11 is 1.79. The molecular formula is C45H46IrN2SSi-2. The van der Waals surface area contributed by atoms with Crippen molar-refractivity contribution in [1.29, 1.82) is 0 Å². The van der Waals surface area contributed by atoms with E-state index in [1.165, 1.54) is 37.3 Å². The number of rotatable bonds is 6. The molecule has 50 heavy (non-hydrogen) atoms. The quantitative estimate of drug-likeness (QED) is 0.123. The predicted molar refractivity (Wildman–Crippen MR) is 216 cm³/mol. The molecule has 257 valence electrons. The molecule has 0 saturated carbocycles. The fourth-order valence-corrected chi connectivity index (χ4v) is 8.44. The molecule has 0 unspecified atom stereocenters. The van der Waals surface area contributed by atoms with Crippen molar-refractivity contribution in [2.24, 2.45) is 5.41 Å². The molecule has 4 aromatic carbocycles. The predicted octanol–water partition coefficient (Wildman–Crippen LogP) is 12.4. The van der Waals surface area contributed by atoms with Crippen LogP contribution in [0, 0.1) is 17.5 Å². The van der Waals surface area contributed by atoms with Gasteiger partial charge in [-0.3, -0.25) is 0 Å². The van der Waals surface area contributed by atoms with Crippen molar-refractivity contribution >= 4 is 44.8 Å². The Hall–Kier alpha value is -3.73. The molecule has 5 heteroatoms. The maximum absolute atomic E-state index is 8.75. The Labute approximate surface area is 320 Å². The Balaban J connectivity index is 0.000000258. The molecule has 0 bridgehead atoms. The van der Waals surface area contributed by atoms with Crippen LogP contribution in [0.2, 0.25) is 19.6 Å². The molecule has 0 spiro atoms. The average molecular weight is 869 g/mol. The second-order valence-corrected chi connectivity index (χ2v) is 21.0. The molecule has 0 aliphatic heterocycles. The van der Waals surface area contributed by atoms with E-state index in [9.17, 15) is 0 Å². The first kappa shape index (κ1) is 34.7. The molecule has 2 nitrogen and oxygen atoms in total. The van der Waals surface area contributed by atoms with Crippen LogP contribution in [0.25, 0.3) is 53.8 Å². The minimum absolute atomic E-state index is 0. The zero-order chi connectivity index (χ0) is 36.6. The summed E-state index contributed by atoms with van der Waals surface area (Å²) in [4.78, 5) is 9.18. The number of fused-ring (bicyclic) bond motifs is 3. The van der Waals surface area contributed by atoms with Gasteiger partial charge >= 0.3 is 0 Å². The van der Waals surface area contributed by atoms with Gasteiger partial charge in [0.15, 0.2) is 0 Å². The van der Waals surface area contributed by atoms with Gasteiger partial charge in [-0.2, -0.15) is 11.3 Å². The van der Waals surface area contributed by atoms with Gasteiger partial charge in [-0.05, 0) is 61.6 Å². The maximum Gasteiger partial charge on any atom is 0.0795 e. The molecule has 3 aromatic heterocycles. The summed E-state index contributed by atoms with van der Waals surface area (Å²) < 4.78 is 19.9. The summed E-state index contributed by atoms with van der Waals surface area (Å²) in [5.74, 6) is 0.406. The topological polar surface area (TPSA) is 25.8 Å². The summed E-state index contributed by atoms with van der Waals surface area (Å²) in [7, 11) is -1.23. The zero-order valence-electron chi connectivity index (χ0n) is 32.2. The molecule has 0 atom stereocenters. The largest absolute Gasteiger partial charge is 0.305 e. The molecule has 0 amide bonds. The number of thiophene rings is 1. The molecule has 0 saturated heterocycles. The van der Waals surface area contributed by atoms with Crippen LogP contribution in [0.15, 0.2) is 116 Å². The fraction of sp³-hybridized carbons (Fsp3) is 0.244. The van der Waals surface area contributed by atoms with E-state index in [-0.39, 0.29) is 20.1 Å². The zero-order valence-corrected chi connectivity index (χ0v) is 34.4. The fourth-order valence-electron chi connectivity index (χ4n) is 6.02. The average Bonchev–Trinajstić information content (AvgIpc) is 3.50. The molecule has 0 fully saturated rings. The van der Waals surface area contributed by atoms with Crippen molar-refractivity contribution in [3.63, 3.8) is 0 Å². The molecule has 7 aromatic rings. The molecule has 3 heterocycles. The normalized spacial score (nSPS) is 12.6. The molecular weight excluding hydrogens is 821 g/mol. The Morgan fingerprint density at radius 1 is 0.780 bits per heavy atom. The van der Waals surface area contributed by atoms with Gasteiger partial charge in [0.05, 0.1) is 8.07 Å². The SMILES string of the molecule is C[Si](C)(C)c1ccc(-c2[c-]cccc2)nc1.[2H]C([2H])(c1ccnc(-c2[c-]ccc3c2sc2c(-c4ccccc4)c(C(C)C)ccc23)c1)C(C)(C)C.[Ir]. The number of nitrogens with zero attached hydrogens (tertiary/aromatic N) is 2. The maximum atomic E-state index is 8.75. The van der Waals surface area contributed by atoms with Gasteiger partial charge in [0.25, 0.3) is 0 Å². The molecule has 7 rings (SSSR count). The summed E-state index contributed by atoms with van der Waals surface area (Å²) in [6, 6.07) is 41.8. The van der Waals surface area contributed by atoms with Crippen LogP contribution in [0.3, 0.4) is 0 Å². The Bertz CT molecular complexity index is 2270. The van der Waals surface area contributed by atoms with Crippen molar-refractivity contribution in [2.45, 2.75) is 66.6 Å². The smallest absolute Gasteiger partial charge is 0.0795 e. The summed E-state index contributed by atoms with van der Waals surface area (Å²) in [5.41, 5.74) is 7.75. The summed E-state index contributed by atoms with van der Waals surface area (Å²) in [6.07, 6.45) is 2.26. The Kier molecular flexibility index (Phi) is 10.9. The third-order valence-electron chi connectivity index (χ3n) is 8.47. The molecule has 0 aliphatic rings. The van der Waals surface area contributed by atoms with E-state index < -0.39 is 19.9 Å². The third-order valence-corrected chi connectivity index (χ3v) is 11.8. The second kappa shape index (κ2) is 15.7. The van der Waals surface area contributed by atoms with Gasteiger partial charge < -0.3 is 9.97 Å². The molecule has 1 radical (unpaired) electrons. The third kappa shape index (κ3) is 8.58. The van der Waals surface area contributed by atoms with Gasteiger partial charge in [0.1, 0.15) is 0 Å². The van der Waals surface area contributed by atoms with Crippen LogP contribution in [0.1, 0.15) is 54.4 Å². The first-order chi connectivity index (χ1) is 24.2. The van der Waals surface area contributed by atoms with E-state index in [0.717, 1.165) is 27.2 Å². The number of aromatic nitrogens is 2. The van der Waals surface area contributed by atoms with Crippen LogP contribution in [0.4, 0.5) is 0 Å². The van der Waals surface area contributed by atoms with Crippen LogP contribution in [-0.2, 0) is 26.5 Å². The van der Waals surface area contributed by atoms with E-state index in [2.05, 4.69) is 116 Å². The Morgan fingerprint density at radius 2 is 1.52 bits per heavy atom. The molecule has 0 N–H and O–H groups in total. The summed E-state index contributed by atoms with van der Waals surface area (Å²) in [6.45, 7) is 17.3. The van der Waals surface area contributed by atoms with Gasteiger partial charge in [0.2, 0.25) is 0 Å². The van der Waals surface area contributed by atoms with Gasteiger partial charge in [-0.15, -0.1) is 59.7 Å². The van der Waals surface area contributed by atoms with Gasteiger partial charge in [-0.25, -0.2) is 0 Å². The Morgan fingerprint density at radius 3 is 2.16 bits per heavy atom. The number of hydrogen-bond acceptors (Lipinski definition) is 3. The van der Waals surface area contributed by atoms with Gasteiger partial charge in [0, 0.05) is 45.5 Å². The van der Waals surface area contributed by atoms with Crippen LogP contribution >= 0.6 is 11.3 Å². The summed E-state index contributed by atoms with van der Waals surface area (Å²) in [5, 5.41) is 3.83. The van der Waals surface area contributed by atoms with Crippen LogP contribution in [-0.4, -0.2) is 18.0 Å². The van der Waals surface area contributed by atoms with E-state index in [1.54, 1.807) is 23.6 Å². The number of benzene rings is 4. The first-order valence-corrected chi connectivity index (χ1v) is 21.3. The monoisotopic (exact) mass is 869 g/mol. The van der Waals surface area contributed by atoms with Crippen molar-refractivity contribution in [1.82, 2.24) is 9.97 Å². The van der Waals surface area contributed by atoms with E-state index in [4.69, 9.17) is 2.74 Å². The minimum atomic E-state index is -1.48. The van der Waals surface area contributed by atoms with Gasteiger partial charge in [-0.1, -0.05) is 126 Å².